The van der Waals surface area contributed by atoms with Gasteiger partial charge in [0.05, 0.1) is 10.6 Å². The summed E-state index contributed by atoms with van der Waals surface area (Å²) < 4.78 is 34.2. The molecule has 30 heavy (non-hydrogen) atoms. The highest BCUT2D eigenvalue weighted by Gasteiger charge is 2.25. The third-order valence-electron chi connectivity index (χ3n) is 4.83. The number of methoxy groups -OCH3 is 1. The van der Waals surface area contributed by atoms with Gasteiger partial charge in [0.1, 0.15) is 28.2 Å². The zero-order valence-electron chi connectivity index (χ0n) is 16.2. The number of aromatic nitrogens is 2. The second-order valence-electron chi connectivity index (χ2n) is 6.81. The fraction of sp³-hybridized carbons (Fsp3) is 0.286. The highest BCUT2D eigenvalue weighted by Crippen LogP contribution is 2.38. The van der Waals surface area contributed by atoms with Crippen molar-refractivity contribution in [1.29, 1.82) is 0 Å². The van der Waals surface area contributed by atoms with E-state index in [0.717, 1.165) is 18.9 Å². The van der Waals surface area contributed by atoms with Crippen LogP contribution < -0.4 is 15.0 Å². The molecule has 0 amide bonds. The standard InChI is InChI=1S/C21H19Cl2FN2O4/c1-28-12-29-13-5-4-6-14(9-13)30-18-10-15(17(24)11-16(18)22)19-20(23)25-7-2-3-8-26(25)21(19)27/h4-6,9-11H,2-3,7-8,12H2,1H3. The normalized spacial score (nSPS) is 13.2. The molecular formula is C21H19Cl2FN2O4. The Bertz CT molecular complexity index is 1140. The minimum absolute atomic E-state index is 0.0468. The summed E-state index contributed by atoms with van der Waals surface area (Å²) in [7, 11) is 1.52. The SMILES string of the molecule is COCOc1cccc(Oc2cc(-c3c(Cl)n4n(c3=O)CCCC4)c(F)cc2Cl)c1. The van der Waals surface area contributed by atoms with Crippen LogP contribution in [0.2, 0.25) is 10.2 Å². The van der Waals surface area contributed by atoms with Crippen LogP contribution in [0.1, 0.15) is 12.8 Å². The van der Waals surface area contributed by atoms with Crippen molar-refractivity contribution in [2.45, 2.75) is 25.9 Å². The van der Waals surface area contributed by atoms with E-state index in [1.807, 2.05) is 0 Å². The number of benzene rings is 2. The second-order valence-corrected chi connectivity index (χ2v) is 7.58. The monoisotopic (exact) mass is 452 g/mol. The van der Waals surface area contributed by atoms with Gasteiger partial charge in [-0.2, -0.15) is 0 Å². The van der Waals surface area contributed by atoms with Crippen molar-refractivity contribution in [3.8, 4) is 28.4 Å². The third kappa shape index (κ3) is 3.93. The molecule has 6 nitrogen and oxygen atoms in total. The lowest BCUT2D eigenvalue weighted by atomic mass is 10.1. The number of hydrogen-bond acceptors (Lipinski definition) is 4. The lowest BCUT2D eigenvalue weighted by molar-refractivity contribution is 0.0510. The van der Waals surface area contributed by atoms with Crippen LogP contribution in [0.15, 0.2) is 41.2 Å². The largest absolute Gasteiger partial charge is 0.467 e. The molecule has 2 aromatic carbocycles. The molecule has 0 aliphatic carbocycles. The molecule has 9 heteroatoms. The molecule has 1 aliphatic rings. The minimum atomic E-state index is -0.646. The molecule has 0 atom stereocenters. The fourth-order valence-corrected chi connectivity index (χ4v) is 3.98. The van der Waals surface area contributed by atoms with Crippen molar-refractivity contribution >= 4 is 23.2 Å². The van der Waals surface area contributed by atoms with Gasteiger partial charge in [0, 0.05) is 31.8 Å². The summed E-state index contributed by atoms with van der Waals surface area (Å²) >= 11 is 12.7. The Morgan fingerprint density at radius 1 is 1.07 bits per heavy atom. The molecule has 2 heterocycles. The van der Waals surface area contributed by atoms with Crippen LogP contribution in [0.5, 0.6) is 17.2 Å². The van der Waals surface area contributed by atoms with Crippen molar-refractivity contribution in [1.82, 2.24) is 9.36 Å². The highest BCUT2D eigenvalue weighted by molar-refractivity contribution is 6.33. The summed E-state index contributed by atoms with van der Waals surface area (Å²) in [6.45, 7) is 1.25. The highest BCUT2D eigenvalue weighted by atomic mass is 35.5. The molecule has 0 saturated carbocycles. The van der Waals surface area contributed by atoms with Crippen LogP contribution in [0.3, 0.4) is 0 Å². The molecule has 1 aliphatic heterocycles. The van der Waals surface area contributed by atoms with Gasteiger partial charge in [-0.05, 0) is 37.1 Å². The first-order valence-electron chi connectivity index (χ1n) is 9.37. The molecule has 0 unspecified atom stereocenters. The van der Waals surface area contributed by atoms with Gasteiger partial charge in [0.25, 0.3) is 5.56 Å². The maximum atomic E-state index is 14.8. The van der Waals surface area contributed by atoms with Gasteiger partial charge in [0.2, 0.25) is 0 Å². The van der Waals surface area contributed by atoms with E-state index in [1.54, 1.807) is 33.6 Å². The lowest BCUT2D eigenvalue weighted by Gasteiger charge is -2.17. The Kier molecular flexibility index (Phi) is 6.04. The van der Waals surface area contributed by atoms with Crippen LogP contribution >= 0.6 is 23.2 Å². The maximum Gasteiger partial charge on any atom is 0.276 e. The Morgan fingerprint density at radius 2 is 1.80 bits per heavy atom. The van der Waals surface area contributed by atoms with Crippen molar-refractivity contribution < 1.29 is 18.6 Å². The van der Waals surface area contributed by atoms with E-state index < -0.39 is 5.82 Å². The zero-order valence-corrected chi connectivity index (χ0v) is 17.7. The molecule has 1 aromatic heterocycles. The van der Waals surface area contributed by atoms with Crippen molar-refractivity contribution in [3.05, 3.63) is 62.7 Å². The van der Waals surface area contributed by atoms with Gasteiger partial charge in [-0.25, -0.2) is 9.07 Å². The van der Waals surface area contributed by atoms with E-state index in [-0.39, 0.29) is 39.4 Å². The minimum Gasteiger partial charge on any atom is -0.467 e. The van der Waals surface area contributed by atoms with Gasteiger partial charge in [0.15, 0.2) is 6.79 Å². The van der Waals surface area contributed by atoms with Crippen LogP contribution in [-0.2, 0) is 17.8 Å². The molecule has 0 saturated heterocycles. The number of nitrogens with zero attached hydrogens (tertiary/aromatic N) is 2. The summed E-state index contributed by atoms with van der Waals surface area (Å²) in [5.41, 5.74) is -0.179. The maximum absolute atomic E-state index is 14.8. The average Bonchev–Trinajstić information content (AvgIpc) is 2.99. The predicted molar refractivity (Wildman–Crippen MR) is 112 cm³/mol. The average molecular weight is 453 g/mol. The van der Waals surface area contributed by atoms with Crippen LogP contribution in [0, 0.1) is 5.82 Å². The summed E-state index contributed by atoms with van der Waals surface area (Å²) in [5, 5.41) is 0.279. The van der Waals surface area contributed by atoms with Crippen molar-refractivity contribution in [3.63, 3.8) is 0 Å². The predicted octanol–water partition coefficient (Wildman–Crippen LogP) is 5.33. The summed E-state index contributed by atoms with van der Waals surface area (Å²) in [4.78, 5) is 12.9. The first-order valence-corrected chi connectivity index (χ1v) is 10.1. The number of hydrogen-bond donors (Lipinski definition) is 0. The van der Waals surface area contributed by atoms with E-state index in [4.69, 9.17) is 37.4 Å². The molecular weight excluding hydrogens is 434 g/mol. The fourth-order valence-electron chi connectivity index (χ4n) is 3.43. The molecule has 0 N–H and O–H groups in total. The van der Waals surface area contributed by atoms with Crippen LogP contribution in [0.4, 0.5) is 4.39 Å². The number of halogens is 3. The van der Waals surface area contributed by atoms with Gasteiger partial charge >= 0.3 is 0 Å². The summed E-state index contributed by atoms with van der Waals surface area (Å²) in [6, 6.07) is 9.36. The quantitative estimate of drug-likeness (QED) is 0.474. The molecule has 0 spiro atoms. The molecule has 0 radical (unpaired) electrons. The summed E-state index contributed by atoms with van der Waals surface area (Å²) in [5.74, 6) is 0.518. The van der Waals surface area contributed by atoms with Crippen LogP contribution in [-0.4, -0.2) is 23.3 Å². The van der Waals surface area contributed by atoms with Crippen molar-refractivity contribution in [2.75, 3.05) is 13.9 Å². The van der Waals surface area contributed by atoms with Gasteiger partial charge < -0.3 is 14.2 Å². The van der Waals surface area contributed by atoms with E-state index in [1.165, 1.54) is 13.2 Å². The van der Waals surface area contributed by atoms with E-state index in [2.05, 4.69) is 0 Å². The van der Waals surface area contributed by atoms with Gasteiger partial charge in [-0.1, -0.05) is 29.3 Å². The molecule has 0 bridgehead atoms. The van der Waals surface area contributed by atoms with Crippen LogP contribution in [0.25, 0.3) is 11.1 Å². The Morgan fingerprint density at radius 3 is 2.53 bits per heavy atom. The molecule has 158 valence electrons. The molecule has 0 fully saturated rings. The molecule has 4 rings (SSSR count). The van der Waals surface area contributed by atoms with E-state index >= 15 is 0 Å². The second kappa shape index (κ2) is 8.71. The Hall–Kier alpha value is -2.48. The third-order valence-corrected chi connectivity index (χ3v) is 5.51. The smallest absolute Gasteiger partial charge is 0.276 e. The Labute approximate surface area is 182 Å². The zero-order chi connectivity index (χ0) is 21.3. The number of ether oxygens (including phenoxy) is 3. The molecule has 3 aromatic rings. The first-order chi connectivity index (χ1) is 14.5. The van der Waals surface area contributed by atoms with Crippen molar-refractivity contribution in [2.24, 2.45) is 0 Å². The Balaban J connectivity index is 1.73. The van der Waals surface area contributed by atoms with Gasteiger partial charge in [-0.3, -0.25) is 9.48 Å². The first kappa shape index (κ1) is 20.8. The number of fused-ring (bicyclic) bond motifs is 1. The van der Waals surface area contributed by atoms with E-state index in [9.17, 15) is 9.18 Å². The number of rotatable bonds is 6. The summed E-state index contributed by atoms with van der Waals surface area (Å²) in [6.07, 6.45) is 1.78. The lowest BCUT2D eigenvalue weighted by Crippen LogP contribution is -2.27. The topological polar surface area (TPSA) is 54.6 Å². The van der Waals surface area contributed by atoms with Gasteiger partial charge in [-0.15, -0.1) is 0 Å². The van der Waals surface area contributed by atoms with E-state index in [0.29, 0.717) is 24.6 Å².